The molecule has 0 fully saturated rings. The van der Waals surface area contributed by atoms with Gasteiger partial charge < -0.3 is 5.32 Å². The van der Waals surface area contributed by atoms with Crippen molar-refractivity contribution in [2.24, 2.45) is 4.99 Å². The number of halogens is 2. The molecule has 0 aliphatic carbocycles. The Morgan fingerprint density at radius 1 is 1.14 bits per heavy atom. The molecule has 0 atom stereocenters. The minimum absolute atomic E-state index is 0.0981. The molecule has 0 heterocycles. The summed E-state index contributed by atoms with van der Waals surface area (Å²) in [6.45, 7) is 1.47. The minimum Gasteiger partial charge on any atom is -0.326 e. The molecule has 0 radical (unpaired) electrons. The zero-order valence-corrected chi connectivity index (χ0v) is 13.4. The standard InChI is InChI=1S/C17H14Cl2N2O/c1-12(22)21-16-8-6-15(7-9-16)20-10-2-3-13-4-5-14(18)11-17(13)19/h2-11H,1H3,(H,21,22)/b3-2+,20-10?. The number of allylic oxidation sites excluding steroid dienone is 1. The highest BCUT2D eigenvalue weighted by Crippen LogP contribution is 2.22. The van der Waals surface area contributed by atoms with Crippen molar-refractivity contribution in [1.82, 2.24) is 0 Å². The molecule has 0 aromatic heterocycles. The predicted molar refractivity (Wildman–Crippen MR) is 94.4 cm³/mol. The lowest BCUT2D eigenvalue weighted by Gasteiger charge is -2.01. The summed E-state index contributed by atoms with van der Waals surface area (Å²) in [4.78, 5) is 15.2. The van der Waals surface area contributed by atoms with Gasteiger partial charge in [0, 0.05) is 28.9 Å². The molecular formula is C17H14Cl2N2O. The molecule has 0 bridgehead atoms. The van der Waals surface area contributed by atoms with Gasteiger partial charge in [0.15, 0.2) is 0 Å². The summed E-state index contributed by atoms with van der Waals surface area (Å²) in [6.07, 6.45) is 5.34. The maximum Gasteiger partial charge on any atom is 0.221 e. The van der Waals surface area contributed by atoms with Crippen LogP contribution in [0.3, 0.4) is 0 Å². The van der Waals surface area contributed by atoms with Crippen molar-refractivity contribution >= 4 is 52.8 Å². The monoisotopic (exact) mass is 332 g/mol. The van der Waals surface area contributed by atoms with Gasteiger partial charge in [-0.25, -0.2) is 0 Å². The number of anilines is 1. The molecule has 112 valence electrons. The summed E-state index contributed by atoms with van der Waals surface area (Å²) in [5.74, 6) is -0.0981. The van der Waals surface area contributed by atoms with E-state index in [1.54, 1.807) is 36.6 Å². The van der Waals surface area contributed by atoms with Crippen molar-refractivity contribution < 1.29 is 4.79 Å². The Labute approximate surface area is 139 Å². The molecule has 0 saturated carbocycles. The highest BCUT2D eigenvalue weighted by molar-refractivity contribution is 6.35. The number of nitrogens with zero attached hydrogens (tertiary/aromatic N) is 1. The molecule has 0 spiro atoms. The third kappa shape index (κ3) is 5.02. The number of carbonyl (C=O) groups is 1. The zero-order valence-electron chi connectivity index (χ0n) is 11.9. The maximum atomic E-state index is 10.9. The van der Waals surface area contributed by atoms with E-state index in [2.05, 4.69) is 10.3 Å². The Hall–Kier alpha value is -2.10. The number of aliphatic imine (C=N–C) groups is 1. The summed E-state index contributed by atoms with van der Waals surface area (Å²) in [6, 6.07) is 12.6. The number of benzene rings is 2. The molecular weight excluding hydrogens is 319 g/mol. The second-order valence-electron chi connectivity index (χ2n) is 4.53. The first-order chi connectivity index (χ1) is 10.5. The van der Waals surface area contributed by atoms with Gasteiger partial charge in [-0.2, -0.15) is 0 Å². The lowest BCUT2D eigenvalue weighted by Crippen LogP contribution is -2.04. The zero-order chi connectivity index (χ0) is 15.9. The molecule has 0 saturated heterocycles. The number of hydrogen-bond acceptors (Lipinski definition) is 2. The molecule has 1 amide bonds. The van der Waals surface area contributed by atoms with E-state index in [4.69, 9.17) is 23.2 Å². The second-order valence-corrected chi connectivity index (χ2v) is 5.37. The van der Waals surface area contributed by atoms with E-state index in [9.17, 15) is 4.79 Å². The minimum atomic E-state index is -0.0981. The molecule has 1 N–H and O–H groups in total. The Balaban J connectivity index is 1.99. The van der Waals surface area contributed by atoms with Gasteiger partial charge in [-0.3, -0.25) is 9.79 Å². The summed E-state index contributed by atoms with van der Waals surface area (Å²) in [7, 11) is 0. The highest BCUT2D eigenvalue weighted by Gasteiger charge is 1.96. The van der Waals surface area contributed by atoms with E-state index in [1.807, 2.05) is 24.3 Å². The van der Waals surface area contributed by atoms with Crippen molar-refractivity contribution in [2.75, 3.05) is 5.32 Å². The first kappa shape index (κ1) is 16.3. The first-order valence-corrected chi connectivity index (χ1v) is 7.33. The van der Waals surface area contributed by atoms with Crippen LogP contribution in [0, 0.1) is 0 Å². The molecule has 0 aliphatic heterocycles. The highest BCUT2D eigenvalue weighted by atomic mass is 35.5. The van der Waals surface area contributed by atoms with Crippen LogP contribution in [0.4, 0.5) is 11.4 Å². The van der Waals surface area contributed by atoms with Crippen LogP contribution in [-0.4, -0.2) is 12.1 Å². The van der Waals surface area contributed by atoms with Gasteiger partial charge in [-0.15, -0.1) is 0 Å². The lowest BCUT2D eigenvalue weighted by molar-refractivity contribution is -0.114. The molecule has 2 rings (SSSR count). The molecule has 0 unspecified atom stereocenters. The van der Waals surface area contributed by atoms with E-state index >= 15 is 0 Å². The van der Waals surface area contributed by atoms with Crippen molar-refractivity contribution in [3.8, 4) is 0 Å². The Bertz CT molecular complexity index is 722. The van der Waals surface area contributed by atoms with Crippen LogP contribution >= 0.6 is 23.2 Å². The molecule has 22 heavy (non-hydrogen) atoms. The molecule has 5 heteroatoms. The first-order valence-electron chi connectivity index (χ1n) is 6.58. The number of nitrogens with one attached hydrogen (secondary N) is 1. The van der Waals surface area contributed by atoms with E-state index in [0.29, 0.717) is 10.0 Å². The SMILES string of the molecule is CC(=O)Nc1ccc(N=C/C=C/c2ccc(Cl)cc2Cl)cc1. The average molecular weight is 333 g/mol. The molecule has 3 nitrogen and oxygen atoms in total. The quantitative estimate of drug-likeness (QED) is 0.751. The van der Waals surface area contributed by atoms with E-state index in [0.717, 1.165) is 16.9 Å². The van der Waals surface area contributed by atoms with Crippen LogP contribution in [0.25, 0.3) is 6.08 Å². The van der Waals surface area contributed by atoms with Crippen molar-refractivity contribution in [3.63, 3.8) is 0 Å². The summed E-state index contributed by atoms with van der Waals surface area (Å²) in [5.41, 5.74) is 2.41. The summed E-state index contributed by atoms with van der Waals surface area (Å²) >= 11 is 11.9. The molecule has 2 aromatic rings. The van der Waals surface area contributed by atoms with E-state index < -0.39 is 0 Å². The van der Waals surface area contributed by atoms with Gasteiger partial charge in [0.1, 0.15) is 0 Å². The summed E-state index contributed by atoms with van der Waals surface area (Å²) < 4.78 is 0. The van der Waals surface area contributed by atoms with E-state index in [-0.39, 0.29) is 5.91 Å². The largest absolute Gasteiger partial charge is 0.326 e. The number of amides is 1. The predicted octanol–water partition coefficient (Wildman–Crippen LogP) is 5.37. The topological polar surface area (TPSA) is 41.5 Å². The maximum absolute atomic E-state index is 10.9. The fraction of sp³-hybridized carbons (Fsp3) is 0.0588. The van der Waals surface area contributed by atoms with Crippen LogP contribution < -0.4 is 5.32 Å². The average Bonchev–Trinajstić information content (AvgIpc) is 2.46. The third-order valence-corrected chi connectivity index (χ3v) is 3.30. The van der Waals surface area contributed by atoms with Gasteiger partial charge in [-0.05, 0) is 48.0 Å². The fourth-order valence-corrected chi connectivity index (χ4v) is 2.22. The Kier molecular flexibility index (Phi) is 5.75. The van der Waals surface area contributed by atoms with Crippen LogP contribution in [0.15, 0.2) is 53.5 Å². The van der Waals surface area contributed by atoms with Crippen LogP contribution in [0.2, 0.25) is 10.0 Å². The van der Waals surface area contributed by atoms with Crippen LogP contribution in [0.1, 0.15) is 12.5 Å². The number of rotatable bonds is 4. The van der Waals surface area contributed by atoms with E-state index in [1.165, 1.54) is 6.92 Å². The second kappa shape index (κ2) is 7.78. The molecule has 0 aliphatic rings. The molecule has 2 aromatic carbocycles. The van der Waals surface area contributed by atoms with Gasteiger partial charge >= 0.3 is 0 Å². The van der Waals surface area contributed by atoms with Crippen LogP contribution in [0.5, 0.6) is 0 Å². The smallest absolute Gasteiger partial charge is 0.221 e. The van der Waals surface area contributed by atoms with Crippen molar-refractivity contribution in [3.05, 3.63) is 64.1 Å². The van der Waals surface area contributed by atoms with Gasteiger partial charge in [0.2, 0.25) is 5.91 Å². The van der Waals surface area contributed by atoms with Gasteiger partial charge in [0.25, 0.3) is 0 Å². The van der Waals surface area contributed by atoms with Crippen molar-refractivity contribution in [2.45, 2.75) is 6.92 Å². The van der Waals surface area contributed by atoms with Gasteiger partial charge in [-0.1, -0.05) is 35.3 Å². The number of carbonyl (C=O) groups excluding carboxylic acids is 1. The Morgan fingerprint density at radius 3 is 2.50 bits per heavy atom. The summed E-state index contributed by atoms with van der Waals surface area (Å²) in [5, 5.41) is 3.90. The van der Waals surface area contributed by atoms with Gasteiger partial charge in [0.05, 0.1) is 5.69 Å². The van der Waals surface area contributed by atoms with Crippen molar-refractivity contribution in [1.29, 1.82) is 0 Å². The fourth-order valence-electron chi connectivity index (χ4n) is 1.75. The van der Waals surface area contributed by atoms with Crippen LogP contribution in [-0.2, 0) is 4.79 Å². The lowest BCUT2D eigenvalue weighted by atomic mass is 10.2. The Morgan fingerprint density at radius 2 is 1.86 bits per heavy atom. The normalized spacial score (nSPS) is 11.2. The third-order valence-electron chi connectivity index (χ3n) is 2.74. The number of hydrogen-bond donors (Lipinski definition) is 1.